The minimum absolute atomic E-state index is 0. The number of hydrogen-bond acceptors (Lipinski definition) is 2. The van der Waals surface area contributed by atoms with Gasteiger partial charge in [-0.3, -0.25) is 10.3 Å². The van der Waals surface area contributed by atoms with Gasteiger partial charge in [-0.2, -0.15) is 0 Å². The Balaban J connectivity index is 0.00000289. The Morgan fingerprint density at radius 1 is 1.56 bits per heavy atom. The minimum Gasteiger partial charge on any atom is -0.515 e. The third kappa shape index (κ3) is 6.21. The second-order valence-electron chi connectivity index (χ2n) is 3.78. The molecule has 0 aliphatic carbocycles. The Bertz CT molecular complexity index is 394. The van der Waals surface area contributed by atoms with Crippen LogP contribution in [0.25, 0.3) is 5.43 Å². The molecule has 4 nitrogen and oxygen atoms in total. The Kier molecular flexibility index (Phi) is 8.75. The van der Waals surface area contributed by atoms with Gasteiger partial charge in [0.05, 0.1) is 5.69 Å². The number of nitrogens with one attached hydrogen (secondary N) is 1. The number of thiol groups is 1. The first kappa shape index (κ1) is 17.2. The molecular formula is C12H18CuN4S+2. The van der Waals surface area contributed by atoms with E-state index in [-0.39, 0.29) is 17.1 Å². The van der Waals surface area contributed by atoms with Gasteiger partial charge in [-0.25, -0.2) is 0 Å². The van der Waals surface area contributed by atoms with Gasteiger partial charge in [-0.15, -0.1) is 0 Å². The standard InChI is InChI=1S/C12H18N4S.Cu/c1-4-9(2)14-12(17)16-15-10(3)11-7-5-6-8-13-11;/h5-9H,4H2,1-3H3,(H2,13,14,16,17);/q;+2. The van der Waals surface area contributed by atoms with Gasteiger partial charge in [0, 0.05) is 18.0 Å². The molecule has 1 heterocycles. The zero-order valence-corrected chi connectivity index (χ0v) is 12.5. The molecule has 18 heavy (non-hydrogen) atoms. The van der Waals surface area contributed by atoms with Crippen LogP contribution in [0.5, 0.6) is 0 Å². The van der Waals surface area contributed by atoms with Crippen molar-refractivity contribution in [2.45, 2.75) is 33.2 Å². The molecule has 0 amide bonds. The Morgan fingerprint density at radius 2 is 2.28 bits per heavy atom. The SMILES string of the molecule is CCC(C)NC(=[SH+])[N-]N=C(C)c1ccccn1.[Cu+2]. The van der Waals surface area contributed by atoms with Crippen molar-refractivity contribution in [3.05, 3.63) is 35.5 Å². The quantitative estimate of drug-likeness (QED) is 0.231. The van der Waals surface area contributed by atoms with E-state index in [1.54, 1.807) is 6.20 Å². The second-order valence-corrected chi connectivity index (χ2v) is 4.20. The van der Waals surface area contributed by atoms with E-state index in [4.69, 9.17) is 0 Å². The van der Waals surface area contributed by atoms with Gasteiger partial charge in [0.25, 0.3) is 0 Å². The molecule has 1 N–H and O–H groups in total. The van der Waals surface area contributed by atoms with Crippen LogP contribution < -0.4 is 5.32 Å². The number of rotatable bonds is 4. The molecule has 6 heteroatoms. The van der Waals surface area contributed by atoms with Crippen LogP contribution in [0.3, 0.4) is 0 Å². The maximum Gasteiger partial charge on any atom is 2.00 e. The third-order valence-electron chi connectivity index (χ3n) is 2.32. The Morgan fingerprint density at radius 3 is 2.83 bits per heavy atom. The second kappa shape index (κ2) is 9.16. The number of nitrogens with zero attached hydrogens (tertiary/aromatic N) is 3. The van der Waals surface area contributed by atoms with Crippen LogP contribution >= 0.6 is 0 Å². The molecule has 0 saturated carbocycles. The fourth-order valence-corrected chi connectivity index (χ4v) is 1.37. The molecule has 1 rings (SSSR count). The van der Waals surface area contributed by atoms with E-state index in [0.29, 0.717) is 11.2 Å². The fraction of sp³-hybridized carbons (Fsp3) is 0.417. The first-order valence-electron chi connectivity index (χ1n) is 5.62. The summed E-state index contributed by atoms with van der Waals surface area (Å²) in [5.74, 6) is 0. The van der Waals surface area contributed by atoms with Crippen molar-refractivity contribution >= 4 is 23.0 Å². The molecule has 0 aliphatic rings. The van der Waals surface area contributed by atoms with Crippen molar-refractivity contribution in [2.75, 3.05) is 0 Å². The summed E-state index contributed by atoms with van der Waals surface area (Å²) in [5, 5.41) is 7.73. The van der Waals surface area contributed by atoms with Crippen LogP contribution in [-0.4, -0.2) is 21.8 Å². The van der Waals surface area contributed by atoms with Crippen LogP contribution in [-0.2, 0) is 29.3 Å². The molecule has 101 valence electrons. The van der Waals surface area contributed by atoms with Crippen molar-refractivity contribution < 1.29 is 17.1 Å². The van der Waals surface area contributed by atoms with E-state index >= 15 is 0 Å². The average Bonchev–Trinajstić information content (AvgIpc) is 2.36. The largest absolute Gasteiger partial charge is 2.00 e. The maximum absolute atomic E-state index is 4.22. The zero-order chi connectivity index (χ0) is 12.7. The first-order chi connectivity index (χ1) is 8.13. The van der Waals surface area contributed by atoms with Gasteiger partial charge in [0.1, 0.15) is 0 Å². The van der Waals surface area contributed by atoms with Crippen LogP contribution in [0.4, 0.5) is 0 Å². The predicted molar refractivity (Wildman–Crippen MR) is 76.5 cm³/mol. The van der Waals surface area contributed by atoms with E-state index < -0.39 is 0 Å². The molecule has 1 atom stereocenters. The van der Waals surface area contributed by atoms with Crippen molar-refractivity contribution in [3.8, 4) is 0 Å². The van der Waals surface area contributed by atoms with E-state index in [1.165, 1.54) is 0 Å². The molecule has 1 aromatic rings. The first-order valence-corrected chi connectivity index (χ1v) is 6.07. The van der Waals surface area contributed by atoms with Crippen molar-refractivity contribution in [3.63, 3.8) is 0 Å². The molecule has 0 aromatic carbocycles. The fourth-order valence-electron chi connectivity index (χ4n) is 1.10. The topological polar surface area (TPSA) is 51.4 Å². The normalized spacial score (nSPS) is 12.5. The van der Waals surface area contributed by atoms with Gasteiger partial charge in [0.15, 0.2) is 17.3 Å². The number of hydrogen-bond donors (Lipinski definition) is 1. The summed E-state index contributed by atoms with van der Waals surface area (Å²) in [4.78, 5) is 4.19. The van der Waals surface area contributed by atoms with Crippen LogP contribution in [0.2, 0.25) is 0 Å². The molecule has 0 bridgehead atoms. The Labute approximate surface area is 124 Å². The predicted octanol–water partition coefficient (Wildman–Crippen LogP) is 1.93. The average molecular weight is 314 g/mol. The van der Waals surface area contributed by atoms with Gasteiger partial charge >= 0.3 is 17.1 Å². The molecule has 0 spiro atoms. The number of aromatic nitrogens is 1. The molecule has 0 fully saturated rings. The zero-order valence-electron chi connectivity index (χ0n) is 10.7. The molecular weight excluding hydrogens is 296 g/mol. The van der Waals surface area contributed by atoms with Crippen molar-refractivity contribution in [1.82, 2.24) is 10.3 Å². The Hall–Kier alpha value is -0.811. The molecule has 1 aromatic heterocycles. The van der Waals surface area contributed by atoms with Gasteiger partial charge in [0.2, 0.25) is 0 Å². The molecule has 1 unspecified atom stereocenters. The van der Waals surface area contributed by atoms with E-state index in [2.05, 4.69) is 46.9 Å². The van der Waals surface area contributed by atoms with Crippen molar-refractivity contribution in [2.24, 2.45) is 5.10 Å². The summed E-state index contributed by atoms with van der Waals surface area (Å²) in [6.07, 6.45) is 2.75. The van der Waals surface area contributed by atoms with E-state index in [9.17, 15) is 0 Å². The molecule has 1 radical (unpaired) electrons. The molecule has 0 aliphatic heterocycles. The van der Waals surface area contributed by atoms with Crippen LogP contribution in [0, 0.1) is 0 Å². The summed E-state index contributed by atoms with van der Waals surface area (Å²) < 4.78 is 0. The van der Waals surface area contributed by atoms with Gasteiger partial charge < -0.3 is 10.5 Å². The third-order valence-corrected chi connectivity index (χ3v) is 2.54. The van der Waals surface area contributed by atoms with Gasteiger partial charge in [-0.1, -0.05) is 13.0 Å². The molecule has 0 saturated heterocycles. The maximum atomic E-state index is 4.22. The smallest absolute Gasteiger partial charge is 0.515 e. The summed E-state index contributed by atoms with van der Waals surface area (Å²) in [6, 6.07) is 6.03. The monoisotopic (exact) mass is 313 g/mol. The van der Waals surface area contributed by atoms with Crippen LogP contribution in [0.15, 0.2) is 29.5 Å². The summed E-state index contributed by atoms with van der Waals surface area (Å²) in [6.45, 7) is 6.04. The summed E-state index contributed by atoms with van der Waals surface area (Å²) in [5.41, 5.74) is 5.59. The van der Waals surface area contributed by atoms with E-state index in [1.807, 2.05) is 25.1 Å². The van der Waals surface area contributed by atoms with Crippen molar-refractivity contribution in [1.29, 1.82) is 0 Å². The van der Waals surface area contributed by atoms with Gasteiger partial charge in [-0.05, 0) is 32.4 Å². The van der Waals surface area contributed by atoms with E-state index in [0.717, 1.165) is 17.8 Å². The summed E-state index contributed by atoms with van der Waals surface area (Å²) >= 11 is 4.22. The number of pyridine rings is 1. The minimum atomic E-state index is 0. The summed E-state index contributed by atoms with van der Waals surface area (Å²) in [7, 11) is 0. The van der Waals surface area contributed by atoms with Crippen LogP contribution in [0.1, 0.15) is 32.9 Å².